The summed E-state index contributed by atoms with van der Waals surface area (Å²) in [6, 6.07) is 11.2. The summed E-state index contributed by atoms with van der Waals surface area (Å²) in [6.07, 6.45) is 1.76. The van der Waals surface area contributed by atoms with Crippen LogP contribution >= 0.6 is 0 Å². The third-order valence-electron chi connectivity index (χ3n) is 5.22. The first-order chi connectivity index (χ1) is 15.9. The van der Waals surface area contributed by atoms with Crippen molar-refractivity contribution in [1.29, 1.82) is 0 Å². The maximum Gasteiger partial charge on any atom is 0.243 e. The van der Waals surface area contributed by atoms with Gasteiger partial charge in [0.1, 0.15) is 5.82 Å². The van der Waals surface area contributed by atoms with Gasteiger partial charge in [-0.15, -0.1) is 10.2 Å². The Labute approximate surface area is 192 Å². The van der Waals surface area contributed by atoms with Crippen LogP contribution in [0.25, 0.3) is 0 Å². The van der Waals surface area contributed by atoms with Crippen molar-refractivity contribution in [2.24, 2.45) is 0 Å². The van der Waals surface area contributed by atoms with Crippen LogP contribution in [0, 0.1) is 12.7 Å². The molecular formula is C22H25FN6O3S. The van der Waals surface area contributed by atoms with Crippen LogP contribution in [0.2, 0.25) is 0 Å². The number of pyridine rings is 1. The van der Waals surface area contributed by atoms with Gasteiger partial charge < -0.3 is 15.0 Å². The molecule has 0 bridgehead atoms. The number of sulfonamides is 1. The molecule has 174 valence electrons. The fraction of sp³-hybridized carbons (Fsp3) is 0.318. The Morgan fingerprint density at radius 2 is 1.79 bits per heavy atom. The van der Waals surface area contributed by atoms with Crippen LogP contribution in [-0.2, 0) is 10.0 Å². The van der Waals surface area contributed by atoms with E-state index in [4.69, 9.17) is 4.74 Å². The van der Waals surface area contributed by atoms with E-state index in [0.717, 1.165) is 11.6 Å². The molecule has 33 heavy (non-hydrogen) atoms. The van der Waals surface area contributed by atoms with Gasteiger partial charge in [0, 0.05) is 32.4 Å². The van der Waals surface area contributed by atoms with Gasteiger partial charge in [0.25, 0.3) is 0 Å². The van der Waals surface area contributed by atoms with Gasteiger partial charge in [-0.05, 0) is 55.8 Å². The fourth-order valence-corrected chi connectivity index (χ4v) is 4.89. The van der Waals surface area contributed by atoms with Crippen LogP contribution in [-0.4, -0.2) is 60.7 Å². The summed E-state index contributed by atoms with van der Waals surface area (Å²) in [5.41, 5.74) is 1.07. The van der Waals surface area contributed by atoms with E-state index < -0.39 is 15.8 Å². The summed E-state index contributed by atoms with van der Waals surface area (Å²) in [5.74, 6) is 1.24. The summed E-state index contributed by atoms with van der Waals surface area (Å²) >= 11 is 0. The average molecular weight is 473 g/mol. The molecule has 1 N–H and O–H groups in total. The van der Waals surface area contributed by atoms with E-state index in [9.17, 15) is 12.8 Å². The van der Waals surface area contributed by atoms with Gasteiger partial charge in [-0.25, -0.2) is 17.8 Å². The molecule has 0 spiro atoms. The fourth-order valence-electron chi connectivity index (χ4n) is 3.45. The molecule has 1 aliphatic rings. The highest BCUT2D eigenvalue weighted by molar-refractivity contribution is 7.89. The maximum absolute atomic E-state index is 14.2. The molecule has 1 aromatic carbocycles. The number of piperazine rings is 1. The Hall–Kier alpha value is -3.31. The number of hydrogen-bond donors (Lipinski definition) is 1. The second kappa shape index (κ2) is 9.67. The van der Waals surface area contributed by atoms with Gasteiger partial charge in [-0.3, -0.25) is 0 Å². The number of nitrogens with zero attached hydrogens (tertiary/aromatic N) is 5. The van der Waals surface area contributed by atoms with Crippen molar-refractivity contribution in [3.63, 3.8) is 0 Å². The minimum absolute atomic E-state index is 0.0379. The molecule has 0 saturated carbocycles. The highest BCUT2D eigenvalue weighted by Crippen LogP contribution is 2.25. The smallest absolute Gasteiger partial charge is 0.243 e. The van der Waals surface area contributed by atoms with Gasteiger partial charge in [-0.2, -0.15) is 4.31 Å². The molecule has 1 fully saturated rings. The number of nitrogens with one attached hydrogen (secondary N) is 1. The summed E-state index contributed by atoms with van der Waals surface area (Å²) in [4.78, 5) is 6.16. The second-order valence-corrected chi connectivity index (χ2v) is 9.48. The highest BCUT2D eigenvalue weighted by Gasteiger charge is 2.29. The van der Waals surface area contributed by atoms with Crippen LogP contribution in [0.15, 0.2) is 53.6 Å². The van der Waals surface area contributed by atoms with E-state index in [2.05, 4.69) is 20.5 Å². The molecule has 0 unspecified atom stereocenters. The van der Waals surface area contributed by atoms with Crippen molar-refractivity contribution in [1.82, 2.24) is 19.5 Å². The second-order valence-electron chi connectivity index (χ2n) is 7.54. The molecular weight excluding hydrogens is 447 g/mol. The molecule has 4 rings (SSSR count). The van der Waals surface area contributed by atoms with Crippen LogP contribution < -0.4 is 15.0 Å². The van der Waals surface area contributed by atoms with E-state index in [-0.39, 0.29) is 23.7 Å². The summed E-state index contributed by atoms with van der Waals surface area (Å²) in [6.45, 7) is 5.40. The Morgan fingerprint density at radius 3 is 2.39 bits per heavy atom. The largest absolute Gasteiger partial charge is 0.491 e. The van der Waals surface area contributed by atoms with Gasteiger partial charge in [0.15, 0.2) is 23.2 Å². The SMILES string of the molecule is CCOc1ccc(S(=O)(=O)N2CCN(c3ccc(Nc4ccc(C)cn4)nn3)CC2)cc1F. The summed E-state index contributed by atoms with van der Waals surface area (Å²) < 4.78 is 46.6. The number of ether oxygens (including phenoxy) is 1. The van der Waals surface area contributed by atoms with Gasteiger partial charge in [0.05, 0.1) is 11.5 Å². The summed E-state index contributed by atoms with van der Waals surface area (Å²) in [5, 5.41) is 11.5. The van der Waals surface area contributed by atoms with Gasteiger partial charge in [0.2, 0.25) is 10.0 Å². The number of hydrogen-bond acceptors (Lipinski definition) is 8. The standard InChI is InChI=1S/C22H25FN6O3S/c1-3-32-19-6-5-17(14-18(19)23)33(30,31)29-12-10-28(11-13-29)22-9-8-21(26-27-22)25-20-7-4-16(2)15-24-20/h4-9,14-15H,3,10-13H2,1-2H3,(H,24,25,26). The van der Waals surface area contributed by atoms with Crippen LogP contribution in [0.3, 0.4) is 0 Å². The number of benzene rings is 1. The molecule has 3 aromatic rings. The lowest BCUT2D eigenvalue weighted by Gasteiger charge is -2.34. The molecule has 0 aliphatic carbocycles. The first-order valence-electron chi connectivity index (χ1n) is 10.6. The topological polar surface area (TPSA) is 101 Å². The summed E-state index contributed by atoms with van der Waals surface area (Å²) in [7, 11) is -3.81. The zero-order chi connectivity index (χ0) is 23.4. The molecule has 9 nitrogen and oxygen atoms in total. The Bertz CT molecular complexity index is 1200. The molecule has 0 atom stereocenters. The quantitative estimate of drug-likeness (QED) is 0.560. The van der Waals surface area contributed by atoms with Crippen molar-refractivity contribution in [2.75, 3.05) is 43.0 Å². The molecule has 0 amide bonds. The molecule has 1 aliphatic heterocycles. The van der Waals surface area contributed by atoms with Crippen molar-refractivity contribution in [3.05, 3.63) is 60.0 Å². The molecule has 3 heterocycles. The predicted octanol–water partition coefficient (Wildman–Crippen LogP) is 2.97. The van der Waals surface area contributed by atoms with E-state index in [1.54, 1.807) is 19.2 Å². The van der Waals surface area contributed by atoms with Gasteiger partial charge in [-0.1, -0.05) is 6.07 Å². The zero-order valence-electron chi connectivity index (χ0n) is 18.4. The Kier molecular flexibility index (Phi) is 6.70. The molecule has 1 saturated heterocycles. The molecule has 0 radical (unpaired) electrons. The van der Waals surface area contributed by atoms with E-state index in [0.29, 0.717) is 37.1 Å². The van der Waals surface area contributed by atoms with Crippen LogP contribution in [0.4, 0.5) is 21.8 Å². The lowest BCUT2D eigenvalue weighted by atomic mass is 10.3. The normalized spacial score (nSPS) is 14.8. The van der Waals surface area contributed by atoms with Crippen molar-refractivity contribution in [3.8, 4) is 5.75 Å². The first-order valence-corrected chi connectivity index (χ1v) is 12.0. The molecule has 11 heteroatoms. The molecule has 2 aromatic heterocycles. The first kappa shape index (κ1) is 22.9. The van der Waals surface area contributed by atoms with Gasteiger partial charge >= 0.3 is 0 Å². The highest BCUT2D eigenvalue weighted by atomic mass is 32.2. The minimum Gasteiger partial charge on any atom is -0.491 e. The van der Waals surface area contributed by atoms with E-state index in [1.807, 2.05) is 30.0 Å². The van der Waals surface area contributed by atoms with E-state index in [1.165, 1.54) is 16.4 Å². The van der Waals surface area contributed by atoms with Crippen molar-refractivity contribution < 1.29 is 17.5 Å². The van der Waals surface area contributed by atoms with E-state index >= 15 is 0 Å². The van der Waals surface area contributed by atoms with Crippen LogP contribution in [0.1, 0.15) is 12.5 Å². The lowest BCUT2D eigenvalue weighted by molar-refractivity contribution is 0.321. The van der Waals surface area contributed by atoms with Crippen molar-refractivity contribution >= 4 is 27.5 Å². The monoisotopic (exact) mass is 472 g/mol. The Morgan fingerprint density at radius 1 is 1.03 bits per heavy atom. The van der Waals surface area contributed by atoms with Crippen molar-refractivity contribution in [2.45, 2.75) is 18.7 Å². The number of aryl methyl sites for hydroxylation is 1. The number of halogens is 1. The average Bonchev–Trinajstić information content (AvgIpc) is 2.82. The third kappa shape index (κ3) is 5.20. The predicted molar refractivity (Wildman–Crippen MR) is 123 cm³/mol. The van der Waals surface area contributed by atoms with Crippen LogP contribution in [0.5, 0.6) is 5.75 Å². The Balaban J connectivity index is 1.38. The number of aromatic nitrogens is 3. The minimum atomic E-state index is -3.81. The zero-order valence-corrected chi connectivity index (χ0v) is 19.2. The lowest BCUT2D eigenvalue weighted by Crippen LogP contribution is -2.49. The third-order valence-corrected chi connectivity index (χ3v) is 7.12. The maximum atomic E-state index is 14.2. The number of rotatable bonds is 7. The number of anilines is 3.